The number of hydrogen-bond donors (Lipinski definition) is 3. The number of rotatable bonds is 6. The van der Waals surface area contributed by atoms with Crippen LogP contribution in [0.15, 0.2) is 36.4 Å². The highest BCUT2D eigenvalue weighted by molar-refractivity contribution is 7.23. The first-order valence-corrected chi connectivity index (χ1v) is 13.8. The highest BCUT2D eigenvalue weighted by Crippen LogP contribution is 2.39. The molecule has 8 nitrogen and oxygen atoms in total. The van der Waals surface area contributed by atoms with Crippen molar-refractivity contribution >= 4 is 50.0 Å². The third kappa shape index (κ3) is 7.33. The molecule has 0 saturated carbocycles. The molecule has 0 bridgehead atoms. The molecule has 4 rings (SSSR count). The summed E-state index contributed by atoms with van der Waals surface area (Å²) < 4.78 is 6.13. The van der Waals surface area contributed by atoms with Crippen LogP contribution in [0.4, 0.5) is 15.5 Å². The van der Waals surface area contributed by atoms with Gasteiger partial charge in [0.1, 0.15) is 10.6 Å². The summed E-state index contributed by atoms with van der Waals surface area (Å²) in [6.07, 6.45) is 1.87. The van der Waals surface area contributed by atoms with Crippen LogP contribution in [0.2, 0.25) is 0 Å². The lowest BCUT2D eigenvalue weighted by Gasteiger charge is -2.19. The molecule has 1 aliphatic heterocycles. The van der Waals surface area contributed by atoms with Gasteiger partial charge in [-0.3, -0.25) is 19.8 Å². The van der Waals surface area contributed by atoms with Gasteiger partial charge in [-0.15, -0.1) is 11.3 Å². The van der Waals surface area contributed by atoms with E-state index in [4.69, 9.17) is 10.5 Å². The summed E-state index contributed by atoms with van der Waals surface area (Å²) >= 11 is 1.28. The number of primary amides is 1. The molecule has 38 heavy (non-hydrogen) atoms. The van der Waals surface area contributed by atoms with Crippen molar-refractivity contribution in [3.8, 4) is 0 Å². The van der Waals surface area contributed by atoms with E-state index in [0.29, 0.717) is 21.6 Å². The molecule has 3 amide bonds. The minimum absolute atomic E-state index is 0.213. The molecule has 1 fully saturated rings. The minimum atomic E-state index is -0.661. The van der Waals surface area contributed by atoms with Crippen LogP contribution in [0.1, 0.15) is 79.3 Å². The Kier molecular flexibility index (Phi) is 9.51. The van der Waals surface area contributed by atoms with E-state index >= 15 is 0 Å². The Morgan fingerprint density at radius 1 is 1.03 bits per heavy atom. The summed E-state index contributed by atoms with van der Waals surface area (Å²) in [5, 5.41) is 6.51. The Balaban J connectivity index is 0.00000195. The molecule has 0 unspecified atom stereocenters. The van der Waals surface area contributed by atoms with Crippen molar-refractivity contribution < 1.29 is 19.1 Å². The van der Waals surface area contributed by atoms with Crippen molar-refractivity contribution in [2.24, 2.45) is 5.73 Å². The molecule has 2 aromatic carbocycles. The standard InChI is InChI=1S/C27H32N4O4S.C2H6/c1-16-13-19(29-26(34)35-27(2,3)4)14-20-21(23(28)32)25(36-22(16)20)30-24(33)18-9-7-17(8-10-18)15-31-11-5-6-12-31;1-2/h7-10,13-14H,5-6,11-12,15H2,1-4H3,(H2,28,32)(H,29,34)(H,30,33);1-2H3. The van der Waals surface area contributed by atoms with E-state index in [2.05, 4.69) is 15.5 Å². The maximum Gasteiger partial charge on any atom is 0.412 e. The second-order valence-corrected chi connectivity index (χ2v) is 11.1. The SMILES string of the molecule is CC.Cc1cc(NC(=O)OC(C)(C)C)cc2c(C(N)=O)c(NC(=O)c3ccc(CN4CCCC4)cc3)sc12. The zero-order valence-corrected chi connectivity index (χ0v) is 23.9. The van der Waals surface area contributed by atoms with E-state index < -0.39 is 17.6 Å². The summed E-state index contributed by atoms with van der Waals surface area (Å²) in [6.45, 7) is 14.3. The van der Waals surface area contributed by atoms with Crippen molar-refractivity contribution in [3.05, 3.63) is 58.7 Å². The number of nitrogens with zero attached hydrogens (tertiary/aromatic N) is 1. The van der Waals surface area contributed by atoms with Crippen LogP contribution >= 0.6 is 11.3 Å². The number of anilines is 2. The predicted molar refractivity (Wildman–Crippen MR) is 155 cm³/mol. The lowest BCUT2D eigenvalue weighted by atomic mass is 10.1. The van der Waals surface area contributed by atoms with Crippen molar-refractivity contribution in [1.29, 1.82) is 0 Å². The average Bonchev–Trinajstić information content (AvgIpc) is 3.47. The first kappa shape index (κ1) is 29.1. The maximum atomic E-state index is 13.0. The molecule has 3 aromatic rings. The predicted octanol–water partition coefficient (Wildman–Crippen LogP) is 6.53. The molecule has 0 aliphatic carbocycles. The lowest BCUT2D eigenvalue weighted by Crippen LogP contribution is -2.27. The first-order valence-electron chi connectivity index (χ1n) is 13.0. The Bertz CT molecular complexity index is 1300. The summed E-state index contributed by atoms with van der Waals surface area (Å²) in [5.74, 6) is -0.979. The zero-order valence-electron chi connectivity index (χ0n) is 23.1. The lowest BCUT2D eigenvalue weighted by molar-refractivity contribution is 0.0635. The smallest absolute Gasteiger partial charge is 0.412 e. The minimum Gasteiger partial charge on any atom is -0.444 e. The van der Waals surface area contributed by atoms with Crippen LogP contribution in [0.3, 0.4) is 0 Å². The maximum absolute atomic E-state index is 13.0. The van der Waals surface area contributed by atoms with Crippen LogP contribution < -0.4 is 16.4 Å². The fourth-order valence-corrected chi connectivity index (χ4v) is 5.48. The fourth-order valence-electron chi connectivity index (χ4n) is 4.33. The molecule has 2 heterocycles. The van der Waals surface area contributed by atoms with Crippen LogP contribution in [0.25, 0.3) is 10.1 Å². The van der Waals surface area contributed by atoms with Crippen LogP contribution in [-0.4, -0.2) is 41.5 Å². The topological polar surface area (TPSA) is 114 Å². The summed E-state index contributed by atoms with van der Waals surface area (Å²) in [6, 6.07) is 11.0. The number of amides is 3. The Labute approximate surface area is 228 Å². The van der Waals surface area contributed by atoms with Crippen molar-refractivity contribution in [2.45, 2.75) is 66.5 Å². The van der Waals surface area contributed by atoms with E-state index in [1.165, 1.54) is 24.2 Å². The second kappa shape index (κ2) is 12.4. The van der Waals surface area contributed by atoms with Gasteiger partial charge in [-0.2, -0.15) is 0 Å². The number of likely N-dealkylation sites (tertiary alicyclic amines) is 1. The largest absolute Gasteiger partial charge is 0.444 e. The molecule has 0 radical (unpaired) electrons. The Hall–Kier alpha value is -3.43. The number of aryl methyl sites for hydroxylation is 1. The molecule has 1 saturated heterocycles. The van der Waals surface area contributed by atoms with Gasteiger partial charge in [-0.25, -0.2) is 4.79 Å². The molecule has 9 heteroatoms. The average molecular weight is 539 g/mol. The van der Waals surface area contributed by atoms with E-state index in [0.717, 1.165) is 35.5 Å². The van der Waals surface area contributed by atoms with E-state index in [1.807, 2.05) is 32.9 Å². The normalized spacial score (nSPS) is 13.5. The van der Waals surface area contributed by atoms with Gasteiger partial charge in [0.25, 0.3) is 11.8 Å². The third-order valence-corrected chi connectivity index (χ3v) is 7.17. The van der Waals surface area contributed by atoms with Gasteiger partial charge in [0.2, 0.25) is 0 Å². The van der Waals surface area contributed by atoms with Gasteiger partial charge >= 0.3 is 6.09 Å². The van der Waals surface area contributed by atoms with Crippen LogP contribution in [0.5, 0.6) is 0 Å². The molecule has 0 atom stereocenters. The number of nitrogens with two attached hydrogens (primary N) is 1. The van der Waals surface area contributed by atoms with Gasteiger partial charge in [0.15, 0.2) is 0 Å². The quantitative estimate of drug-likeness (QED) is 0.330. The molecule has 204 valence electrons. The number of nitrogens with one attached hydrogen (secondary N) is 2. The molecule has 0 spiro atoms. The molecular formula is C29H38N4O4S. The number of benzene rings is 2. The fraction of sp³-hybridized carbons (Fsp3) is 0.414. The van der Waals surface area contributed by atoms with Gasteiger partial charge in [-0.1, -0.05) is 26.0 Å². The zero-order chi connectivity index (χ0) is 28.0. The molecule has 4 N–H and O–H groups in total. The highest BCUT2D eigenvalue weighted by atomic mass is 32.1. The summed E-state index contributed by atoms with van der Waals surface area (Å²) in [5.41, 5.74) is 8.25. The second-order valence-electron chi connectivity index (χ2n) is 10.1. The van der Waals surface area contributed by atoms with Crippen LogP contribution in [0, 0.1) is 6.92 Å². The number of ether oxygens (including phenoxy) is 1. The Morgan fingerprint density at radius 3 is 2.24 bits per heavy atom. The van der Waals surface area contributed by atoms with Crippen molar-refractivity contribution in [3.63, 3.8) is 0 Å². The monoisotopic (exact) mass is 538 g/mol. The molecule has 1 aliphatic rings. The van der Waals surface area contributed by atoms with Gasteiger partial charge in [-0.05, 0) is 89.0 Å². The number of hydrogen-bond acceptors (Lipinski definition) is 6. The van der Waals surface area contributed by atoms with Gasteiger partial charge in [0, 0.05) is 27.9 Å². The van der Waals surface area contributed by atoms with E-state index in [-0.39, 0.29) is 11.5 Å². The number of thiophene rings is 1. The van der Waals surface area contributed by atoms with Crippen LogP contribution in [-0.2, 0) is 11.3 Å². The molecular weight excluding hydrogens is 500 g/mol. The molecule has 1 aromatic heterocycles. The number of carbonyl (C=O) groups excluding carboxylic acids is 3. The number of carbonyl (C=O) groups is 3. The Morgan fingerprint density at radius 2 is 1.66 bits per heavy atom. The third-order valence-electron chi connectivity index (χ3n) is 5.91. The van der Waals surface area contributed by atoms with E-state index in [9.17, 15) is 14.4 Å². The van der Waals surface area contributed by atoms with Crippen molar-refractivity contribution in [1.82, 2.24) is 4.90 Å². The summed E-state index contributed by atoms with van der Waals surface area (Å²) in [7, 11) is 0. The van der Waals surface area contributed by atoms with Gasteiger partial charge < -0.3 is 15.8 Å². The number of fused-ring (bicyclic) bond motifs is 1. The van der Waals surface area contributed by atoms with Gasteiger partial charge in [0.05, 0.1) is 5.56 Å². The summed E-state index contributed by atoms with van der Waals surface area (Å²) in [4.78, 5) is 40.1. The first-order chi connectivity index (χ1) is 18.0. The van der Waals surface area contributed by atoms with E-state index in [1.54, 1.807) is 45.0 Å². The van der Waals surface area contributed by atoms with Crippen molar-refractivity contribution in [2.75, 3.05) is 23.7 Å². The highest BCUT2D eigenvalue weighted by Gasteiger charge is 2.22.